The fourth-order valence-corrected chi connectivity index (χ4v) is 1.74. The minimum Gasteiger partial charge on any atom is -0.388 e. The highest BCUT2D eigenvalue weighted by Gasteiger charge is 2.48. The number of nitrogens with two attached hydrogens (primary N) is 1. The molecule has 0 aliphatic heterocycles. The zero-order valence-electron chi connectivity index (χ0n) is 7.61. The Labute approximate surface area is 78.4 Å². The molecule has 0 aromatic heterocycles. The first-order chi connectivity index (χ1) is 6.28. The van der Waals surface area contributed by atoms with E-state index in [1.807, 2.05) is 30.3 Å². The van der Waals surface area contributed by atoms with E-state index in [4.69, 9.17) is 5.73 Å². The van der Waals surface area contributed by atoms with E-state index < -0.39 is 0 Å². The Morgan fingerprint density at radius 1 is 1.31 bits per heavy atom. The highest BCUT2D eigenvalue weighted by molar-refractivity contribution is 5.22. The van der Waals surface area contributed by atoms with Gasteiger partial charge in [-0.05, 0) is 18.4 Å². The molecule has 13 heavy (non-hydrogen) atoms. The Kier molecular flexibility index (Phi) is 2.10. The van der Waals surface area contributed by atoms with Gasteiger partial charge in [0.1, 0.15) is 0 Å². The third kappa shape index (κ3) is 1.47. The molecule has 2 heteroatoms. The fraction of sp³-hybridized carbons (Fsp3) is 0.455. The summed E-state index contributed by atoms with van der Waals surface area (Å²) in [6.07, 6.45) is 1.73. The molecule has 0 bridgehead atoms. The van der Waals surface area contributed by atoms with Gasteiger partial charge in [-0.25, -0.2) is 0 Å². The summed E-state index contributed by atoms with van der Waals surface area (Å²) in [7, 11) is 0. The lowest BCUT2D eigenvalue weighted by Gasteiger charge is -2.20. The van der Waals surface area contributed by atoms with Crippen molar-refractivity contribution in [2.24, 2.45) is 11.1 Å². The molecule has 1 unspecified atom stereocenters. The van der Waals surface area contributed by atoms with Crippen molar-refractivity contribution < 1.29 is 5.11 Å². The van der Waals surface area contributed by atoms with Crippen LogP contribution in [0.5, 0.6) is 0 Å². The van der Waals surface area contributed by atoms with Crippen molar-refractivity contribution in [1.29, 1.82) is 0 Å². The summed E-state index contributed by atoms with van der Waals surface area (Å²) in [4.78, 5) is 0. The molecule has 70 valence electrons. The van der Waals surface area contributed by atoms with E-state index in [9.17, 15) is 5.11 Å². The Hall–Kier alpha value is -0.860. The van der Waals surface area contributed by atoms with Crippen molar-refractivity contribution >= 4 is 0 Å². The van der Waals surface area contributed by atoms with Crippen molar-refractivity contribution in [2.75, 3.05) is 6.54 Å². The molecule has 3 N–H and O–H groups in total. The number of rotatable bonds is 3. The van der Waals surface area contributed by atoms with Crippen LogP contribution in [0.15, 0.2) is 30.3 Å². The maximum absolute atomic E-state index is 10.0. The molecule has 1 aliphatic rings. The predicted molar refractivity (Wildman–Crippen MR) is 52.1 cm³/mol. The monoisotopic (exact) mass is 177 g/mol. The van der Waals surface area contributed by atoms with Crippen LogP contribution in [-0.4, -0.2) is 11.7 Å². The van der Waals surface area contributed by atoms with Crippen LogP contribution in [0.1, 0.15) is 24.5 Å². The van der Waals surface area contributed by atoms with E-state index in [0.717, 1.165) is 18.4 Å². The van der Waals surface area contributed by atoms with Crippen molar-refractivity contribution in [3.8, 4) is 0 Å². The molecule has 0 amide bonds. The summed E-state index contributed by atoms with van der Waals surface area (Å²) < 4.78 is 0. The highest BCUT2D eigenvalue weighted by atomic mass is 16.3. The number of benzene rings is 1. The Bertz CT molecular complexity index is 279. The molecule has 0 heterocycles. The summed E-state index contributed by atoms with van der Waals surface area (Å²) in [5.74, 6) is 0. The third-order valence-electron chi connectivity index (χ3n) is 2.99. The maximum atomic E-state index is 10.0. The van der Waals surface area contributed by atoms with Gasteiger partial charge in [0, 0.05) is 12.0 Å². The normalized spacial score (nSPS) is 21.1. The number of hydrogen-bond acceptors (Lipinski definition) is 2. The van der Waals surface area contributed by atoms with Crippen LogP contribution < -0.4 is 5.73 Å². The lowest BCUT2D eigenvalue weighted by Crippen LogP contribution is -2.23. The molecule has 1 fully saturated rings. The second kappa shape index (κ2) is 3.13. The lowest BCUT2D eigenvalue weighted by molar-refractivity contribution is 0.0975. The molecule has 2 nitrogen and oxygen atoms in total. The average Bonchev–Trinajstić information content (AvgIpc) is 2.99. The Morgan fingerprint density at radius 2 is 1.92 bits per heavy atom. The van der Waals surface area contributed by atoms with E-state index in [-0.39, 0.29) is 11.5 Å². The van der Waals surface area contributed by atoms with Crippen LogP contribution in [0.3, 0.4) is 0 Å². The predicted octanol–water partition coefficient (Wildman–Crippen LogP) is 1.46. The molecule has 0 radical (unpaired) electrons. The van der Waals surface area contributed by atoms with Crippen LogP contribution in [-0.2, 0) is 0 Å². The summed E-state index contributed by atoms with van der Waals surface area (Å²) in [5, 5.41) is 10.0. The molecule has 0 saturated heterocycles. The summed E-state index contributed by atoms with van der Waals surface area (Å²) in [6, 6.07) is 9.77. The summed E-state index contributed by atoms with van der Waals surface area (Å²) >= 11 is 0. The van der Waals surface area contributed by atoms with E-state index in [1.54, 1.807) is 0 Å². The lowest BCUT2D eigenvalue weighted by atomic mass is 9.93. The molecule has 0 spiro atoms. The van der Waals surface area contributed by atoms with E-state index in [0.29, 0.717) is 6.54 Å². The topological polar surface area (TPSA) is 46.2 Å². The zero-order valence-corrected chi connectivity index (χ0v) is 7.61. The number of hydrogen-bond donors (Lipinski definition) is 2. The SMILES string of the molecule is NCC1(C(O)c2ccccc2)CC1. The molecule has 1 aromatic rings. The molecule has 2 rings (SSSR count). The van der Waals surface area contributed by atoms with Crippen LogP contribution in [0.4, 0.5) is 0 Å². The van der Waals surface area contributed by atoms with Crippen molar-refractivity contribution in [1.82, 2.24) is 0 Å². The molecule has 1 aromatic carbocycles. The largest absolute Gasteiger partial charge is 0.388 e. The van der Waals surface area contributed by atoms with Gasteiger partial charge in [0.05, 0.1) is 6.10 Å². The maximum Gasteiger partial charge on any atom is 0.0858 e. The van der Waals surface area contributed by atoms with Gasteiger partial charge in [0.2, 0.25) is 0 Å². The van der Waals surface area contributed by atoms with Gasteiger partial charge in [0.15, 0.2) is 0 Å². The van der Waals surface area contributed by atoms with Gasteiger partial charge < -0.3 is 10.8 Å². The van der Waals surface area contributed by atoms with Crippen molar-refractivity contribution in [2.45, 2.75) is 18.9 Å². The number of aliphatic hydroxyl groups excluding tert-OH is 1. The zero-order chi connectivity index (χ0) is 9.31. The van der Waals surface area contributed by atoms with E-state index >= 15 is 0 Å². The Morgan fingerprint density at radius 3 is 2.38 bits per heavy atom. The van der Waals surface area contributed by atoms with Crippen molar-refractivity contribution in [3.63, 3.8) is 0 Å². The molecule has 1 saturated carbocycles. The summed E-state index contributed by atoms with van der Waals surface area (Å²) in [5.41, 5.74) is 6.63. The molecule has 1 aliphatic carbocycles. The number of aliphatic hydroxyl groups is 1. The quantitative estimate of drug-likeness (QED) is 0.734. The average molecular weight is 177 g/mol. The third-order valence-corrected chi connectivity index (χ3v) is 2.99. The van der Waals surface area contributed by atoms with E-state index in [1.165, 1.54) is 0 Å². The first kappa shape index (κ1) is 8.73. The van der Waals surface area contributed by atoms with Gasteiger partial charge in [-0.2, -0.15) is 0 Å². The second-order valence-corrected chi connectivity index (χ2v) is 3.88. The summed E-state index contributed by atoms with van der Waals surface area (Å²) in [6.45, 7) is 0.586. The molecular weight excluding hydrogens is 162 g/mol. The first-order valence-electron chi connectivity index (χ1n) is 4.72. The fourth-order valence-electron chi connectivity index (χ4n) is 1.74. The second-order valence-electron chi connectivity index (χ2n) is 3.88. The standard InChI is InChI=1S/C11H15NO/c12-8-11(6-7-11)10(13)9-4-2-1-3-5-9/h1-5,10,13H,6-8,12H2. The van der Waals surface area contributed by atoms with E-state index in [2.05, 4.69) is 0 Å². The van der Waals surface area contributed by atoms with Crippen LogP contribution in [0, 0.1) is 5.41 Å². The van der Waals surface area contributed by atoms with Crippen LogP contribution in [0.2, 0.25) is 0 Å². The Balaban J connectivity index is 2.18. The van der Waals surface area contributed by atoms with Crippen LogP contribution >= 0.6 is 0 Å². The van der Waals surface area contributed by atoms with Crippen molar-refractivity contribution in [3.05, 3.63) is 35.9 Å². The minimum atomic E-state index is -0.376. The van der Waals surface area contributed by atoms with Gasteiger partial charge >= 0.3 is 0 Å². The molecule has 1 atom stereocenters. The highest BCUT2D eigenvalue weighted by Crippen LogP contribution is 2.53. The van der Waals surface area contributed by atoms with Gasteiger partial charge in [-0.3, -0.25) is 0 Å². The smallest absolute Gasteiger partial charge is 0.0858 e. The molecular formula is C11H15NO. The van der Waals surface area contributed by atoms with Gasteiger partial charge in [0.25, 0.3) is 0 Å². The van der Waals surface area contributed by atoms with Gasteiger partial charge in [-0.15, -0.1) is 0 Å². The van der Waals surface area contributed by atoms with Crippen LogP contribution in [0.25, 0.3) is 0 Å². The first-order valence-corrected chi connectivity index (χ1v) is 4.72. The van der Waals surface area contributed by atoms with Gasteiger partial charge in [-0.1, -0.05) is 30.3 Å². The minimum absolute atomic E-state index is 0.0125.